The molecule has 1 unspecified atom stereocenters. The van der Waals surface area contributed by atoms with Crippen LogP contribution in [0.3, 0.4) is 0 Å². The third kappa shape index (κ3) is 1.47. The minimum atomic E-state index is -0.837. The van der Waals surface area contributed by atoms with Crippen molar-refractivity contribution >= 4 is 0 Å². The van der Waals surface area contributed by atoms with Crippen LogP contribution in [0.5, 0.6) is 0 Å². The summed E-state index contributed by atoms with van der Waals surface area (Å²) in [4.78, 5) is 2.77. The molecular formula is C10H11N2O2+. The van der Waals surface area contributed by atoms with Gasteiger partial charge in [0.05, 0.1) is 0 Å². The van der Waals surface area contributed by atoms with Gasteiger partial charge in [-0.25, -0.2) is 4.98 Å². The zero-order valence-electron chi connectivity index (χ0n) is 7.46. The summed E-state index contributed by atoms with van der Waals surface area (Å²) in [5, 5.41) is 19.2. The zero-order chi connectivity index (χ0) is 9.97. The predicted octanol–water partition coefficient (Wildman–Crippen LogP) is 0.621. The minimum absolute atomic E-state index is 0.344. The fraction of sp³-hybridized carbons (Fsp3) is 0.100. The largest absolute Gasteiger partial charge is 0.376 e. The first-order valence-electron chi connectivity index (χ1n) is 4.30. The first-order chi connectivity index (χ1) is 6.79. The standard InChI is InChI=1S/C10H10N2O2/c13-9(8-4-2-1-3-5-8)10-11-6-7-12(10)14/h1-7,9,13-14H/p+1. The number of H-pyrrole nitrogens is 1. The molecule has 1 atom stereocenters. The Balaban J connectivity index is 2.34. The van der Waals surface area contributed by atoms with Crippen LogP contribution in [-0.2, 0) is 0 Å². The lowest BCUT2D eigenvalue weighted by Gasteiger charge is -2.04. The number of imidazole rings is 1. The molecule has 0 spiro atoms. The molecule has 0 amide bonds. The summed E-state index contributed by atoms with van der Waals surface area (Å²) in [6.45, 7) is 0. The molecule has 1 aromatic carbocycles. The van der Waals surface area contributed by atoms with Crippen LogP contribution in [-0.4, -0.2) is 15.3 Å². The Kier molecular flexibility index (Phi) is 2.20. The second kappa shape index (κ2) is 3.51. The summed E-state index contributed by atoms with van der Waals surface area (Å²) >= 11 is 0. The van der Waals surface area contributed by atoms with Crippen LogP contribution in [0.25, 0.3) is 0 Å². The van der Waals surface area contributed by atoms with Crippen molar-refractivity contribution in [3.05, 3.63) is 54.1 Å². The van der Waals surface area contributed by atoms with Gasteiger partial charge in [-0.2, -0.15) is 0 Å². The van der Waals surface area contributed by atoms with Gasteiger partial charge in [0.25, 0.3) is 0 Å². The van der Waals surface area contributed by atoms with Gasteiger partial charge in [0.1, 0.15) is 6.20 Å². The molecule has 0 aliphatic rings. The summed E-state index contributed by atoms with van der Waals surface area (Å²) in [5.74, 6) is 0.344. The van der Waals surface area contributed by atoms with E-state index >= 15 is 0 Å². The topological polar surface area (TPSA) is 60.1 Å². The van der Waals surface area contributed by atoms with E-state index in [1.165, 1.54) is 6.20 Å². The van der Waals surface area contributed by atoms with Gasteiger partial charge in [-0.05, 0) is 10.3 Å². The summed E-state index contributed by atoms with van der Waals surface area (Å²) in [6.07, 6.45) is 2.15. The number of nitrogens with zero attached hydrogens (tertiary/aromatic N) is 1. The molecule has 0 aliphatic heterocycles. The van der Waals surface area contributed by atoms with E-state index in [0.717, 1.165) is 10.3 Å². The van der Waals surface area contributed by atoms with E-state index in [-0.39, 0.29) is 0 Å². The first-order valence-corrected chi connectivity index (χ1v) is 4.30. The molecule has 3 N–H and O–H groups in total. The predicted molar refractivity (Wildman–Crippen MR) is 48.7 cm³/mol. The average Bonchev–Trinajstić information content (AvgIpc) is 2.65. The van der Waals surface area contributed by atoms with Crippen molar-refractivity contribution in [1.29, 1.82) is 0 Å². The number of benzene rings is 1. The van der Waals surface area contributed by atoms with Crippen molar-refractivity contribution in [2.45, 2.75) is 6.10 Å². The molecular weight excluding hydrogens is 180 g/mol. The number of aromatic amines is 1. The Morgan fingerprint density at radius 3 is 2.50 bits per heavy atom. The normalized spacial score (nSPS) is 12.6. The van der Waals surface area contributed by atoms with Gasteiger partial charge >= 0.3 is 5.82 Å². The quantitative estimate of drug-likeness (QED) is 0.481. The Morgan fingerprint density at radius 2 is 1.93 bits per heavy atom. The monoisotopic (exact) mass is 191 g/mol. The van der Waals surface area contributed by atoms with Crippen molar-refractivity contribution in [2.24, 2.45) is 0 Å². The molecule has 72 valence electrons. The van der Waals surface area contributed by atoms with Gasteiger partial charge in [-0.3, -0.25) is 0 Å². The van der Waals surface area contributed by atoms with Gasteiger partial charge in [0.2, 0.25) is 0 Å². The fourth-order valence-corrected chi connectivity index (χ4v) is 1.34. The molecule has 0 saturated carbocycles. The molecule has 0 radical (unpaired) electrons. The molecule has 0 saturated heterocycles. The van der Waals surface area contributed by atoms with Crippen molar-refractivity contribution in [3.63, 3.8) is 0 Å². The molecule has 2 aromatic rings. The Labute approximate surface area is 81.0 Å². The Hall–Kier alpha value is -1.81. The molecule has 1 heterocycles. The van der Waals surface area contributed by atoms with Crippen molar-refractivity contribution in [3.8, 4) is 0 Å². The third-order valence-electron chi connectivity index (χ3n) is 2.07. The molecule has 4 nitrogen and oxygen atoms in total. The first kappa shape index (κ1) is 8.77. The number of aromatic nitrogens is 2. The van der Waals surface area contributed by atoms with Crippen LogP contribution < -0.4 is 4.73 Å². The number of hydrogen-bond acceptors (Lipinski definition) is 2. The van der Waals surface area contributed by atoms with E-state index in [2.05, 4.69) is 4.98 Å². The molecule has 2 rings (SSSR count). The maximum absolute atomic E-state index is 9.85. The fourth-order valence-electron chi connectivity index (χ4n) is 1.34. The molecule has 1 aromatic heterocycles. The maximum atomic E-state index is 9.85. The average molecular weight is 191 g/mol. The Morgan fingerprint density at radius 1 is 1.21 bits per heavy atom. The maximum Gasteiger partial charge on any atom is 0.327 e. The van der Waals surface area contributed by atoms with E-state index in [1.54, 1.807) is 18.3 Å². The van der Waals surface area contributed by atoms with Gasteiger partial charge in [-0.1, -0.05) is 30.3 Å². The number of aliphatic hydroxyl groups excluding tert-OH is 1. The highest BCUT2D eigenvalue weighted by molar-refractivity contribution is 5.20. The molecule has 0 bridgehead atoms. The Bertz CT molecular complexity index is 411. The van der Waals surface area contributed by atoms with Crippen LogP contribution in [0.15, 0.2) is 42.7 Å². The second-order valence-corrected chi connectivity index (χ2v) is 3.00. The minimum Gasteiger partial charge on any atom is -0.376 e. The molecule has 14 heavy (non-hydrogen) atoms. The molecule has 0 aliphatic carbocycles. The lowest BCUT2D eigenvalue weighted by atomic mass is 10.1. The van der Waals surface area contributed by atoms with E-state index < -0.39 is 6.10 Å². The van der Waals surface area contributed by atoms with Gasteiger partial charge in [0, 0.05) is 0 Å². The molecule has 4 heteroatoms. The number of aliphatic hydroxyl groups is 1. The van der Waals surface area contributed by atoms with Crippen molar-refractivity contribution in [1.82, 2.24) is 4.98 Å². The highest BCUT2D eigenvalue weighted by Gasteiger charge is 2.21. The van der Waals surface area contributed by atoms with Crippen LogP contribution in [0.4, 0.5) is 0 Å². The van der Waals surface area contributed by atoms with E-state index in [0.29, 0.717) is 5.82 Å². The lowest BCUT2D eigenvalue weighted by Crippen LogP contribution is -2.34. The highest BCUT2D eigenvalue weighted by atomic mass is 16.5. The lowest BCUT2D eigenvalue weighted by molar-refractivity contribution is -0.910. The van der Waals surface area contributed by atoms with Gasteiger partial charge in [-0.15, -0.1) is 0 Å². The number of nitrogens with one attached hydrogen (secondary N) is 1. The highest BCUT2D eigenvalue weighted by Crippen LogP contribution is 2.16. The number of hydrogen-bond donors (Lipinski definition) is 3. The van der Waals surface area contributed by atoms with Crippen LogP contribution in [0.1, 0.15) is 17.5 Å². The number of rotatable bonds is 2. The van der Waals surface area contributed by atoms with E-state index in [1.807, 2.05) is 18.2 Å². The summed E-state index contributed by atoms with van der Waals surface area (Å²) in [6, 6.07) is 9.14. The van der Waals surface area contributed by atoms with E-state index in [9.17, 15) is 10.3 Å². The summed E-state index contributed by atoms with van der Waals surface area (Å²) in [5.41, 5.74) is 0.734. The summed E-state index contributed by atoms with van der Waals surface area (Å²) in [7, 11) is 0. The van der Waals surface area contributed by atoms with Crippen LogP contribution in [0, 0.1) is 0 Å². The second-order valence-electron chi connectivity index (χ2n) is 3.00. The van der Waals surface area contributed by atoms with Crippen LogP contribution >= 0.6 is 0 Å². The molecule has 0 fully saturated rings. The van der Waals surface area contributed by atoms with Crippen LogP contribution in [0.2, 0.25) is 0 Å². The summed E-state index contributed by atoms with van der Waals surface area (Å²) < 4.78 is 0.873. The smallest absolute Gasteiger partial charge is 0.327 e. The van der Waals surface area contributed by atoms with Gasteiger partial charge in [0.15, 0.2) is 12.3 Å². The van der Waals surface area contributed by atoms with Gasteiger partial charge < -0.3 is 10.3 Å². The van der Waals surface area contributed by atoms with Crippen molar-refractivity contribution < 1.29 is 15.0 Å². The third-order valence-corrected chi connectivity index (χ3v) is 2.07. The van der Waals surface area contributed by atoms with Crippen molar-refractivity contribution in [2.75, 3.05) is 0 Å². The zero-order valence-corrected chi connectivity index (χ0v) is 7.46. The van der Waals surface area contributed by atoms with E-state index in [4.69, 9.17) is 0 Å². The SMILES string of the molecule is OC(c1ccccc1)c1[nH]cc[n+]1O.